The van der Waals surface area contributed by atoms with Gasteiger partial charge in [-0.15, -0.1) is 0 Å². The summed E-state index contributed by atoms with van der Waals surface area (Å²) in [4.78, 5) is 35.8. The van der Waals surface area contributed by atoms with Crippen molar-refractivity contribution < 1.29 is 19.5 Å². The van der Waals surface area contributed by atoms with Crippen LogP contribution in [0.4, 0.5) is 0 Å². The summed E-state index contributed by atoms with van der Waals surface area (Å²) >= 11 is 0. The summed E-state index contributed by atoms with van der Waals surface area (Å²) in [6.07, 6.45) is 3.24. The number of nitrogens with zero attached hydrogens (tertiary/aromatic N) is 1. The van der Waals surface area contributed by atoms with E-state index in [0.29, 0.717) is 51.7 Å². The third-order valence-corrected chi connectivity index (χ3v) is 3.56. The molecule has 1 aliphatic heterocycles. The number of carbonyl (C=O) groups is 3. The standard InChI is InChI=1S/C14H24N2O4/c1-2-8-15-12(17)4-3-5-13(18)16-9-6-11(7-10-16)14(19)20/h11H,2-10H2,1H3,(H,15,17)(H,19,20). The van der Waals surface area contributed by atoms with Crippen molar-refractivity contribution in [3.63, 3.8) is 0 Å². The van der Waals surface area contributed by atoms with Crippen LogP contribution in [0.3, 0.4) is 0 Å². The van der Waals surface area contributed by atoms with Gasteiger partial charge in [-0.3, -0.25) is 14.4 Å². The monoisotopic (exact) mass is 284 g/mol. The summed E-state index contributed by atoms with van der Waals surface area (Å²) in [6, 6.07) is 0. The van der Waals surface area contributed by atoms with Crippen molar-refractivity contribution in [2.45, 2.75) is 45.4 Å². The van der Waals surface area contributed by atoms with Crippen LogP contribution in [-0.4, -0.2) is 47.4 Å². The summed E-state index contributed by atoms with van der Waals surface area (Å²) < 4.78 is 0. The minimum Gasteiger partial charge on any atom is -0.481 e. The Morgan fingerprint density at radius 1 is 1.20 bits per heavy atom. The van der Waals surface area contributed by atoms with Gasteiger partial charge in [-0.05, 0) is 25.7 Å². The highest BCUT2D eigenvalue weighted by Gasteiger charge is 2.26. The fourth-order valence-electron chi connectivity index (χ4n) is 2.29. The normalized spacial score (nSPS) is 15.9. The maximum Gasteiger partial charge on any atom is 0.306 e. The smallest absolute Gasteiger partial charge is 0.306 e. The van der Waals surface area contributed by atoms with Crippen LogP contribution in [-0.2, 0) is 14.4 Å². The average Bonchev–Trinajstić information content (AvgIpc) is 2.45. The fourth-order valence-corrected chi connectivity index (χ4v) is 2.29. The van der Waals surface area contributed by atoms with Gasteiger partial charge in [0, 0.05) is 32.5 Å². The van der Waals surface area contributed by atoms with Crippen molar-refractivity contribution in [2.75, 3.05) is 19.6 Å². The van der Waals surface area contributed by atoms with Gasteiger partial charge in [-0.2, -0.15) is 0 Å². The predicted octanol–water partition coefficient (Wildman–Crippen LogP) is 1.01. The summed E-state index contributed by atoms with van der Waals surface area (Å²) in [5, 5.41) is 11.7. The third kappa shape index (κ3) is 5.59. The number of carboxylic acid groups (broad SMARTS) is 1. The van der Waals surface area contributed by atoms with Gasteiger partial charge in [0.2, 0.25) is 11.8 Å². The molecule has 114 valence electrons. The van der Waals surface area contributed by atoms with E-state index in [4.69, 9.17) is 5.11 Å². The summed E-state index contributed by atoms with van der Waals surface area (Å²) in [6.45, 7) is 3.69. The van der Waals surface area contributed by atoms with E-state index in [9.17, 15) is 14.4 Å². The molecule has 0 aliphatic carbocycles. The summed E-state index contributed by atoms with van der Waals surface area (Å²) in [5.74, 6) is -1.08. The number of hydrogen-bond acceptors (Lipinski definition) is 3. The number of carbonyl (C=O) groups excluding carboxylic acids is 2. The van der Waals surface area contributed by atoms with Crippen molar-refractivity contribution in [3.8, 4) is 0 Å². The highest BCUT2D eigenvalue weighted by molar-refractivity contribution is 5.79. The van der Waals surface area contributed by atoms with Crippen LogP contribution in [0.2, 0.25) is 0 Å². The van der Waals surface area contributed by atoms with Gasteiger partial charge < -0.3 is 15.3 Å². The lowest BCUT2D eigenvalue weighted by atomic mass is 9.97. The first-order valence-corrected chi connectivity index (χ1v) is 7.31. The number of amides is 2. The molecule has 1 saturated heterocycles. The number of likely N-dealkylation sites (tertiary alicyclic amines) is 1. The van der Waals surface area contributed by atoms with Crippen LogP contribution in [0.15, 0.2) is 0 Å². The van der Waals surface area contributed by atoms with Gasteiger partial charge >= 0.3 is 5.97 Å². The minimum absolute atomic E-state index is 0.00997. The fraction of sp³-hybridized carbons (Fsp3) is 0.786. The number of hydrogen-bond donors (Lipinski definition) is 2. The van der Waals surface area contributed by atoms with Gasteiger partial charge in [0.25, 0.3) is 0 Å². The molecule has 0 bridgehead atoms. The van der Waals surface area contributed by atoms with Crippen molar-refractivity contribution in [1.82, 2.24) is 10.2 Å². The van der Waals surface area contributed by atoms with Gasteiger partial charge in [-0.25, -0.2) is 0 Å². The van der Waals surface area contributed by atoms with Gasteiger partial charge in [0.15, 0.2) is 0 Å². The first-order chi connectivity index (χ1) is 9.54. The first-order valence-electron chi connectivity index (χ1n) is 7.31. The molecule has 1 aliphatic rings. The van der Waals surface area contributed by atoms with Crippen molar-refractivity contribution in [1.29, 1.82) is 0 Å². The number of nitrogens with one attached hydrogen (secondary N) is 1. The number of aliphatic carboxylic acids is 1. The second kappa shape index (κ2) is 8.55. The lowest BCUT2D eigenvalue weighted by molar-refractivity contribution is -0.145. The largest absolute Gasteiger partial charge is 0.481 e. The second-order valence-corrected chi connectivity index (χ2v) is 5.20. The highest BCUT2D eigenvalue weighted by atomic mass is 16.4. The molecule has 0 saturated carbocycles. The van der Waals surface area contributed by atoms with E-state index >= 15 is 0 Å². The molecule has 1 rings (SSSR count). The van der Waals surface area contributed by atoms with Crippen molar-refractivity contribution >= 4 is 17.8 Å². The van der Waals surface area contributed by atoms with E-state index in [1.165, 1.54) is 0 Å². The molecule has 0 radical (unpaired) electrons. The SMILES string of the molecule is CCCNC(=O)CCCC(=O)N1CCC(C(=O)O)CC1. The van der Waals surface area contributed by atoms with Gasteiger partial charge in [-0.1, -0.05) is 6.92 Å². The minimum atomic E-state index is -0.773. The maximum absolute atomic E-state index is 11.9. The predicted molar refractivity (Wildman–Crippen MR) is 74.1 cm³/mol. The molecule has 0 aromatic heterocycles. The molecule has 0 aromatic rings. The van der Waals surface area contributed by atoms with Crippen molar-refractivity contribution in [2.24, 2.45) is 5.92 Å². The quantitative estimate of drug-likeness (QED) is 0.730. The topological polar surface area (TPSA) is 86.7 Å². The number of carboxylic acids is 1. The van der Waals surface area contributed by atoms with Crippen LogP contribution in [0.25, 0.3) is 0 Å². The van der Waals surface area contributed by atoms with Gasteiger partial charge in [0.05, 0.1) is 5.92 Å². The zero-order valence-corrected chi connectivity index (χ0v) is 12.1. The molecular formula is C14H24N2O4. The molecule has 0 spiro atoms. The molecule has 1 heterocycles. The Morgan fingerprint density at radius 2 is 1.85 bits per heavy atom. The van der Waals surface area contributed by atoms with Crippen LogP contribution in [0.5, 0.6) is 0 Å². The van der Waals surface area contributed by atoms with E-state index in [1.54, 1.807) is 4.90 Å². The van der Waals surface area contributed by atoms with E-state index in [2.05, 4.69) is 5.32 Å². The molecule has 0 atom stereocenters. The van der Waals surface area contributed by atoms with E-state index in [1.807, 2.05) is 6.92 Å². The third-order valence-electron chi connectivity index (χ3n) is 3.56. The zero-order valence-electron chi connectivity index (χ0n) is 12.1. The molecule has 2 N–H and O–H groups in total. The van der Waals surface area contributed by atoms with Crippen LogP contribution >= 0.6 is 0 Å². The Morgan fingerprint density at radius 3 is 2.40 bits per heavy atom. The van der Waals surface area contributed by atoms with E-state index in [0.717, 1.165) is 6.42 Å². The average molecular weight is 284 g/mol. The molecule has 1 fully saturated rings. The molecule has 6 nitrogen and oxygen atoms in total. The summed E-state index contributed by atoms with van der Waals surface area (Å²) in [7, 11) is 0. The Kier molecular flexibility index (Phi) is 7.04. The van der Waals surface area contributed by atoms with Crippen LogP contribution in [0, 0.1) is 5.92 Å². The Bertz CT molecular complexity index is 349. The Hall–Kier alpha value is -1.59. The molecule has 0 unspecified atom stereocenters. The molecular weight excluding hydrogens is 260 g/mol. The molecule has 6 heteroatoms. The Labute approximate surface area is 119 Å². The van der Waals surface area contributed by atoms with Crippen LogP contribution < -0.4 is 5.32 Å². The highest BCUT2D eigenvalue weighted by Crippen LogP contribution is 2.18. The molecule has 0 aromatic carbocycles. The number of rotatable bonds is 7. The molecule has 2 amide bonds. The lowest BCUT2D eigenvalue weighted by Crippen LogP contribution is -2.40. The first kappa shape index (κ1) is 16.5. The zero-order chi connectivity index (χ0) is 15.0. The van der Waals surface area contributed by atoms with Crippen LogP contribution in [0.1, 0.15) is 45.4 Å². The van der Waals surface area contributed by atoms with E-state index < -0.39 is 5.97 Å². The Balaban J connectivity index is 2.17. The van der Waals surface area contributed by atoms with Gasteiger partial charge in [0.1, 0.15) is 0 Å². The van der Waals surface area contributed by atoms with Crippen molar-refractivity contribution in [3.05, 3.63) is 0 Å². The number of piperidine rings is 1. The lowest BCUT2D eigenvalue weighted by Gasteiger charge is -2.30. The van der Waals surface area contributed by atoms with E-state index in [-0.39, 0.29) is 17.7 Å². The molecule has 20 heavy (non-hydrogen) atoms. The summed E-state index contributed by atoms with van der Waals surface area (Å²) in [5.41, 5.74) is 0. The maximum atomic E-state index is 11.9. The second-order valence-electron chi connectivity index (χ2n) is 5.20.